The molecule has 0 bridgehead atoms. The Kier molecular flexibility index (Phi) is 9.06. The summed E-state index contributed by atoms with van der Waals surface area (Å²) in [7, 11) is 0. The molecular formula is C18H31NO2Sn. The van der Waals surface area contributed by atoms with Crippen LogP contribution in [0, 0.1) is 0 Å². The fourth-order valence-corrected chi connectivity index (χ4v) is 19.2. The SMILES string of the molecule is CCC[CH2][Sn]([CH2]CCC)([CH2]CCC)[c]1ccnc(C(=O)O)c1. The van der Waals surface area contributed by atoms with E-state index in [2.05, 4.69) is 31.8 Å². The van der Waals surface area contributed by atoms with E-state index in [-0.39, 0.29) is 5.69 Å². The van der Waals surface area contributed by atoms with E-state index in [0.29, 0.717) is 0 Å². The van der Waals surface area contributed by atoms with E-state index < -0.39 is 24.3 Å². The first-order valence-electron chi connectivity index (χ1n) is 8.79. The fourth-order valence-electron chi connectivity index (χ4n) is 3.23. The number of nitrogens with zero attached hydrogens (tertiary/aromatic N) is 1. The molecule has 0 saturated carbocycles. The molecule has 0 radical (unpaired) electrons. The fraction of sp³-hybridized carbons (Fsp3) is 0.667. The summed E-state index contributed by atoms with van der Waals surface area (Å²) in [6.07, 6.45) is 9.26. The molecule has 0 aliphatic rings. The first-order chi connectivity index (χ1) is 10.6. The number of carboxylic acids is 1. The average molecular weight is 412 g/mol. The average Bonchev–Trinajstić information content (AvgIpc) is 2.54. The first-order valence-corrected chi connectivity index (χ1v) is 16.3. The molecule has 0 unspecified atom stereocenters. The standard InChI is InChI=1S/C6H4NO2.3C4H9.Sn/c8-6(9)5-3-1-2-4-7-5;3*1-3-4-2;/h2-4H,(H,8,9);3*1,3-4H2,2H3;. The third-order valence-electron chi connectivity index (χ3n) is 4.62. The van der Waals surface area contributed by atoms with Gasteiger partial charge in [-0.05, 0) is 0 Å². The quantitative estimate of drug-likeness (QED) is 0.530. The number of unbranched alkanes of at least 4 members (excludes halogenated alkanes) is 3. The van der Waals surface area contributed by atoms with Gasteiger partial charge in [-0.1, -0.05) is 0 Å². The molecule has 0 amide bonds. The molecule has 3 nitrogen and oxygen atoms in total. The van der Waals surface area contributed by atoms with E-state index in [1.54, 1.807) is 6.20 Å². The summed E-state index contributed by atoms with van der Waals surface area (Å²) in [4.78, 5) is 15.3. The monoisotopic (exact) mass is 413 g/mol. The van der Waals surface area contributed by atoms with Gasteiger partial charge in [-0.25, -0.2) is 0 Å². The number of aromatic nitrogens is 1. The number of aromatic carboxylic acids is 1. The molecule has 1 N–H and O–H groups in total. The zero-order chi connectivity index (χ0) is 16.4. The van der Waals surface area contributed by atoms with Crippen LogP contribution in [0.1, 0.15) is 69.8 Å². The molecular weight excluding hydrogens is 381 g/mol. The van der Waals surface area contributed by atoms with Crippen molar-refractivity contribution in [2.45, 2.75) is 72.6 Å². The molecule has 0 aliphatic carbocycles. The Morgan fingerprint density at radius 1 is 1.05 bits per heavy atom. The Morgan fingerprint density at radius 3 is 1.95 bits per heavy atom. The number of pyridine rings is 1. The van der Waals surface area contributed by atoms with E-state index in [0.717, 1.165) is 0 Å². The van der Waals surface area contributed by atoms with Gasteiger partial charge in [0.2, 0.25) is 0 Å². The van der Waals surface area contributed by atoms with E-state index >= 15 is 0 Å². The van der Waals surface area contributed by atoms with Gasteiger partial charge in [0.15, 0.2) is 0 Å². The maximum atomic E-state index is 11.3. The number of hydrogen-bond donors (Lipinski definition) is 1. The summed E-state index contributed by atoms with van der Waals surface area (Å²) in [5, 5.41) is 9.26. The van der Waals surface area contributed by atoms with Crippen molar-refractivity contribution in [1.29, 1.82) is 0 Å². The van der Waals surface area contributed by atoms with Crippen LogP contribution < -0.4 is 3.58 Å². The summed E-state index contributed by atoms with van der Waals surface area (Å²) in [6.45, 7) is 6.77. The summed E-state index contributed by atoms with van der Waals surface area (Å²) in [6, 6.07) is 4.03. The predicted molar refractivity (Wildman–Crippen MR) is 95.7 cm³/mol. The van der Waals surface area contributed by atoms with E-state index in [9.17, 15) is 9.90 Å². The van der Waals surface area contributed by atoms with Gasteiger partial charge in [0.1, 0.15) is 0 Å². The minimum absolute atomic E-state index is 0.225. The molecule has 4 heteroatoms. The van der Waals surface area contributed by atoms with Crippen LogP contribution in [0.15, 0.2) is 18.3 Å². The van der Waals surface area contributed by atoms with Crippen molar-refractivity contribution in [2.75, 3.05) is 0 Å². The van der Waals surface area contributed by atoms with E-state index in [1.807, 2.05) is 6.07 Å². The number of hydrogen-bond acceptors (Lipinski definition) is 2. The molecule has 0 saturated heterocycles. The van der Waals surface area contributed by atoms with Gasteiger partial charge in [0.25, 0.3) is 0 Å². The topological polar surface area (TPSA) is 50.2 Å². The molecule has 0 fully saturated rings. The Balaban J connectivity index is 3.18. The number of carbonyl (C=O) groups is 1. The van der Waals surface area contributed by atoms with Gasteiger partial charge in [-0.15, -0.1) is 0 Å². The minimum atomic E-state index is -2.50. The van der Waals surface area contributed by atoms with Crippen LogP contribution in [0.4, 0.5) is 0 Å². The van der Waals surface area contributed by atoms with Crippen LogP contribution in [-0.2, 0) is 0 Å². The molecule has 0 aromatic carbocycles. The molecule has 1 aromatic rings. The van der Waals surface area contributed by atoms with Gasteiger partial charge in [-0.3, -0.25) is 0 Å². The van der Waals surface area contributed by atoms with Gasteiger partial charge in [0, 0.05) is 0 Å². The molecule has 0 spiro atoms. The second-order valence-corrected chi connectivity index (χ2v) is 19.6. The van der Waals surface area contributed by atoms with Gasteiger partial charge in [-0.2, -0.15) is 0 Å². The Bertz CT molecular complexity index is 440. The predicted octanol–water partition coefficient (Wildman–Crippen LogP) is 4.84. The van der Waals surface area contributed by atoms with E-state index in [1.165, 1.54) is 55.4 Å². The summed E-state index contributed by atoms with van der Waals surface area (Å²) >= 11 is -2.50. The van der Waals surface area contributed by atoms with Crippen molar-refractivity contribution in [1.82, 2.24) is 4.98 Å². The van der Waals surface area contributed by atoms with Gasteiger partial charge in [0.05, 0.1) is 0 Å². The van der Waals surface area contributed by atoms with Crippen molar-refractivity contribution in [3.05, 3.63) is 24.0 Å². The van der Waals surface area contributed by atoms with Crippen LogP contribution in [-0.4, -0.2) is 34.4 Å². The van der Waals surface area contributed by atoms with Crippen LogP contribution in [0.2, 0.25) is 13.3 Å². The van der Waals surface area contributed by atoms with Crippen molar-refractivity contribution in [3.63, 3.8) is 0 Å². The van der Waals surface area contributed by atoms with Gasteiger partial charge >= 0.3 is 139 Å². The summed E-state index contributed by atoms with van der Waals surface area (Å²) in [5.41, 5.74) is 0.225. The molecule has 22 heavy (non-hydrogen) atoms. The molecule has 1 heterocycles. The summed E-state index contributed by atoms with van der Waals surface area (Å²) < 4.78 is 5.45. The van der Waals surface area contributed by atoms with Crippen LogP contribution in [0.5, 0.6) is 0 Å². The van der Waals surface area contributed by atoms with E-state index in [4.69, 9.17) is 0 Å². The Labute approximate surface area is 139 Å². The molecule has 0 atom stereocenters. The molecule has 1 aromatic heterocycles. The maximum absolute atomic E-state index is 11.3. The first kappa shape index (κ1) is 19.5. The van der Waals surface area contributed by atoms with Crippen molar-refractivity contribution >= 4 is 27.9 Å². The van der Waals surface area contributed by atoms with Crippen LogP contribution in [0.25, 0.3) is 0 Å². The molecule has 124 valence electrons. The normalized spacial score (nSPS) is 11.6. The van der Waals surface area contributed by atoms with Crippen LogP contribution >= 0.6 is 0 Å². The third-order valence-corrected chi connectivity index (χ3v) is 20.2. The van der Waals surface area contributed by atoms with Crippen LogP contribution in [0.3, 0.4) is 0 Å². The van der Waals surface area contributed by atoms with Crippen molar-refractivity contribution in [3.8, 4) is 0 Å². The van der Waals surface area contributed by atoms with Crippen molar-refractivity contribution < 1.29 is 9.90 Å². The zero-order valence-electron chi connectivity index (χ0n) is 14.4. The zero-order valence-corrected chi connectivity index (χ0v) is 17.3. The Morgan fingerprint density at radius 2 is 1.55 bits per heavy atom. The number of carboxylic acid groups (broad SMARTS) is 1. The molecule has 1 rings (SSSR count). The third kappa shape index (κ3) is 5.56. The molecule has 0 aliphatic heterocycles. The Hall–Kier alpha value is -0.581. The summed E-state index contributed by atoms with van der Waals surface area (Å²) in [5.74, 6) is -0.900. The number of rotatable bonds is 11. The second kappa shape index (κ2) is 10.2. The van der Waals surface area contributed by atoms with Gasteiger partial charge < -0.3 is 0 Å². The second-order valence-electron chi connectivity index (χ2n) is 6.33. The van der Waals surface area contributed by atoms with Crippen molar-refractivity contribution in [2.24, 2.45) is 0 Å².